The fourth-order valence-corrected chi connectivity index (χ4v) is 4.81. The molecular formula is C31H30N2O2. The van der Waals surface area contributed by atoms with Crippen LogP contribution in [0.4, 0.5) is 0 Å². The van der Waals surface area contributed by atoms with Gasteiger partial charge in [-0.2, -0.15) is 5.10 Å². The van der Waals surface area contributed by atoms with Gasteiger partial charge in [-0.15, -0.1) is 0 Å². The first-order valence-corrected chi connectivity index (χ1v) is 12.3. The van der Waals surface area contributed by atoms with Crippen molar-refractivity contribution in [3.05, 3.63) is 107 Å². The molecule has 1 fully saturated rings. The quantitative estimate of drug-likeness (QED) is 0.170. The van der Waals surface area contributed by atoms with Crippen LogP contribution in [0.1, 0.15) is 48.4 Å². The number of esters is 1. The highest BCUT2D eigenvalue weighted by Crippen LogP contribution is 2.45. The lowest BCUT2D eigenvalue weighted by Gasteiger charge is -2.31. The van der Waals surface area contributed by atoms with E-state index in [1.165, 1.54) is 53.2 Å². The molecule has 0 amide bonds. The second-order valence-corrected chi connectivity index (χ2v) is 9.03. The average Bonchev–Trinajstić information content (AvgIpc) is 3.23. The average molecular weight is 463 g/mol. The maximum Gasteiger partial charge on any atom is 0.330 e. The van der Waals surface area contributed by atoms with Gasteiger partial charge < -0.3 is 4.74 Å². The number of nitrogens with zero attached hydrogens (tertiary/aromatic N) is 2. The number of aryl methyl sites for hydroxylation is 1. The van der Waals surface area contributed by atoms with Crippen LogP contribution >= 0.6 is 0 Å². The van der Waals surface area contributed by atoms with E-state index in [-0.39, 0.29) is 5.97 Å². The Balaban J connectivity index is 1.65. The summed E-state index contributed by atoms with van der Waals surface area (Å²) in [5.41, 5.74) is 8.43. The number of aromatic nitrogens is 2. The van der Waals surface area contributed by atoms with Gasteiger partial charge in [0.15, 0.2) is 0 Å². The molecule has 0 spiro atoms. The van der Waals surface area contributed by atoms with Crippen LogP contribution < -0.4 is 0 Å². The number of carbonyl (C=O) groups is 1. The highest BCUT2D eigenvalue weighted by Gasteiger charge is 2.27. The summed E-state index contributed by atoms with van der Waals surface area (Å²) in [5.74, 6) is 0.221. The summed E-state index contributed by atoms with van der Waals surface area (Å²) in [6, 6.07) is 25.9. The van der Waals surface area contributed by atoms with E-state index in [2.05, 4.69) is 77.9 Å². The molecule has 4 heteroatoms. The molecule has 0 atom stereocenters. The molecule has 1 heterocycles. The summed E-state index contributed by atoms with van der Waals surface area (Å²) < 4.78 is 6.92. The predicted octanol–water partition coefficient (Wildman–Crippen LogP) is 6.91. The van der Waals surface area contributed by atoms with Gasteiger partial charge in [-0.05, 0) is 77.3 Å². The minimum Gasteiger partial charge on any atom is -0.463 e. The van der Waals surface area contributed by atoms with Crippen molar-refractivity contribution in [3.8, 4) is 0 Å². The van der Waals surface area contributed by atoms with Gasteiger partial charge >= 0.3 is 5.97 Å². The molecule has 5 rings (SSSR count). The van der Waals surface area contributed by atoms with Crippen LogP contribution in [0.2, 0.25) is 0 Å². The summed E-state index contributed by atoms with van der Waals surface area (Å²) in [7, 11) is 1.98. The van der Waals surface area contributed by atoms with E-state index in [4.69, 9.17) is 4.74 Å². The zero-order valence-electron chi connectivity index (χ0n) is 20.3. The normalized spacial score (nSPS) is 14.7. The highest BCUT2D eigenvalue weighted by molar-refractivity contribution is 6.01. The van der Waals surface area contributed by atoms with E-state index in [0.717, 1.165) is 16.5 Å². The summed E-state index contributed by atoms with van der Waals surface area (Å²) in [5, 5.41) is 5.59. The summed E-state index contributed by atoms with van der Waals surface area (Å²) in [6.07, 6.45) is 8.91. The summed E-state index contributed by atoms with van der Waals surface area (Å²) in [6.45, 7) is 2.19. The van der Waals surface area contributed by atoms with Crippen LogP contribution in [0.3, 0.4) is 0 Å². The van der Waals surface area contributed by atoms with Crippen molar-refractivity contribution in [3.63, 3.8) is 0 Å². The first kappa shape index (κ1) is 22.9. The first-order valence-electron chi connectivity index (χ1n) is 12.3. The maximum atomic E-state index is 11.7. The standard InChI is InChI=1S/C31H30N2O2/c1-3-35-29(34)19-14-22-12-15-25(16-13-22)31(26-17-18-28-27(20-26)21-32-33(28)2)30(24-10-7-11-24)23-8-5-4-6-9-23/h4-6,8-9,12-21,24H,3,7,10-11H2,1-2H3/b19-14+,31-30-. The molecule has 1 saturated carbocycles. The molecule has 1 aliphatic rings. The molecule has 1 aromatic heterocycles. The van der Waals surface area contributed by atoms with E-state index >= 15 is 0 Å². The van der Waals surface area contributed by atoms with E-state index in [9.17, 15) is 4.79 Å². The van der Waals surface area contributed by atoms with Crippen LogP contribution in [0.5, 0.6) is 0 Å². The zero-order chi connectivity index (χ0) is 24.2. The number of allylic oxidation sites excluding steroid dienone is 1. The molecule has 0 bridgehead atoms. The van der Waals surface area contributed by atoms with Crippen LogP contribution in [0, 0.1) is 5.92 Å². The first-order chi connectivity index (χ1) is 17.1. The van der Waals surface area contributed by atoms with Crippen molar-refractivity contribution in [1.29, 1.82) is 0 Å². The lowest BCUT2D eigenvalue weighted by molar-refractivity contribution is -0.137. The molecule has 176 valence electrons. The lowest BCUT2D eigenvalue weighted by atomic mass is 9.73. The van der Waals surface area contributed by atoms with E-state index in [0.29, 0.717) is 12.5 Å². The molecule has 0 unspecified atom stereocenters. The van der Waals surface area contributed by atoms with Crippen molar-refractivity contribution >= 4 is 34.1 Å². The third kappa shape index (κ3) is 4.83. The van der Waals surface area contributed by atoms with Gasteiger partial charge in [-0.25, -0.2) is 4.79 Å². The van der Waals surface area contributed by atoms with E-state index in [1.807, 2.05) is 24.9 Å². The largest absolute Gasteiger partial charge is 0.463 e. The van der Waals surface area contributed by atoms with Crippen LogP contribution in [-0.4, -0.2) is 22.4 Å². The molecule has 0 radical (unpaired) electrons. The second-order valence-electron chi connectivity index (χ2n) is 9.03. The van der Waals surface area contributed by atoms with Gasteiger partial charge in [0, 0.05) is 18.5 Å². The van der Waals surface area contributed by atoms with Gasteiger partial charge in [0.25, 0.3) is 0 Å². The number of hydrogen-bond donors (Lipinski definition) is 0. The monoisotopic (exact) mass is 462 g/mol. The Kier molecular flexibility index (Phi) is 6.62. The van der Waals surface area contributed by atoms with Gasteiger partial charge in [0.2, 0.25) is 0 Å². The summed E-state index contributed by atoms with van der Waals surface area (Å²) >= 11 is 0. The third-order valence-electron chi connectivity index (χ3n) is 6.80. The molecule has 0 N–H and O–H groups in total. The van der Waals surface area contributed by atoms with Gasteiger partial charge in [0.1, 0.15) is 0 Å². The molecular weight excluding hydrogens is 432 g/mol. The SMILES string of the molecule is CCOC(=O)/C=C/c1ccc(/C(=C(\c2ccccc2)C2CCC2)c2ccc3c(cnn3C)c2)cc1. The number of carbonyl (C=O) groups excluding carboxylic acids is 1. The Morgan fingerprint density at radius 1 is 1.00 bits per heavy atom. The van der Waals surface area contributed by atoms with Crippen molar-refractivity contribution in [2.45, 2.75) is 26.2 Å². The molecule has 4 aromatic rings. The molecule has 1 aliphatic carbocycles. The number of benzene rings is 3. The fraction of sp³-hybridized carbons (Fsp3) is 0.226. The van der Waals surface area contributed by atoms with Crippen molar-refractivity contribution in [2.24, 2.45) is 13.0 Å². The van der Waals surface area contributed by atoms with Crippen LogP contribution in [0.25, 0.3) is 28.1 Å². The van der Waals surface area contributed by atoms with Crippen LogP contribution in [0.15, 0.2) is 85.1 Å². The van der Waals surface area contributed by atoms with E-state index in [1.54, 1.807) is 6.08 Å². The third-order valence-corrected chi connectivity index (χ3v) is 6.80. The lowest BCUT2D eigenvalue weighted by Crippen LogP contribution is -2.15. The Morgan fingerprint density at radius 3 is 2.43 bits per heavy atom. The van der Waals surface area contributed by atoms with Gasteiger partial charge in [0.05, 0.1) is 18.3 Å². The van der Waals surface area contributed by atoms with Crippen molar-refractivity contribution in [2.75, 3.05) is 6.61 Å². The minimum atomic E-state index is -0.321. The van der Waals surface area contributed by atoms with E-state index < -0.39 is 0 Å². The molecule has 4 nitrogen and oxygen atoms in total. The predicted molar refractivity (Wildman–Crippen MR) is 143 cm³/mol. The Morgan fingerprint density at radius 2 is 1.74 bits per heavy atom. The minimum absolute atomic E-state index is 0.321. The smallest absolute Gasteiger partial charge is 0.330 e. The molecule has 3 aromatic carbocycles. The highest BCUT2D eigenvalue weighted by atomic mass is 16.5. The topological polar surface area (TPSA) is 44.1 Å². The van der Waals surface area contributed by atoms with Crippen molar-refractivity contribution in [1.82, 2.24) is 9.78 Å². The molecule has 35 heavy (non-hydrogen) atoms. The second kappa shape index (κ2) is 10.1. The van der Waals surface area contributed by atoms with Crippen LogP contribution in [-0.2, 0) is 16.6 Å². The number of rotatable bonds is 7. The molecule has 0 saturated heterocycles. The summed E-state index contributed by atoms with van der Waals surface area (Å²) in [4.78, 5) is 11.7. The molecule has 0 aliphatic heterocycles. The zero-order valence-corrected chi connectivity index (χ0v) is 20.3. The Hall–Kier alpha value is -3.92. The number of ether oxygens (including phenoxy) is 1. The Labute approximate surface area is 206 Å². The van der Waals surface area contributed by atoms with Gasteiger partial charge in [-0.1, -0.05) is 67.1 Å². The number of hydrogen-bond acceptors (Lipinski definition) is 3. The maximum absolute atomic E-state index is 11.7. The Bertz CT molecular complexity index is 1390. The number of fused-ring (bicyclic) bond motifs is 1. The fourth-order valence-electron chi connectivity index (χ4n) is 4.81. The van der Waals surface area contributed by atoms with Gasteiger partial charge in [-0.3, -0.25) is 4.68 Å². The van der Waals surface area contributed by atoms with Crippen molar-refractivity contribution < 1.29 is 9.53 Å².